The van der Waals surface area contributed by atoms with Crippen molar-refractivity contribution in [2.24, 2.45) is 0 Å². The molecule has 1 aliphatic heterocycles. The second kappa shape index (κ2) is 5.54. The zero-order valence-electron chi connectivity index (χ0n) is 11.0. The topological polar surface area (TPSA) is 73.2 Å². The molecule has 1 aliphatic rings. The minimum absolute atomic E-state index is 0. The standard InChI is InChI=1S/C12H12F3N3O2S.H2/c1-7-2-9(5-18(7)6-16)17-21(19,20)11-4-8(13)3-10(14)12(11)15;/h3-4,7,9,17H,2,5H2,1H3;1H/t7-,9+;/m0./s1. The van der Waals surface area contributed by atoms with Crippen molar-refractivity contribution >= 4 is 10.0 Å². The summed E-state index contributed by atoms with van der Waals surface area (Å²) in [6, 6.07) is -0.114. The number of likely N-dealkylation sites (tertiary alicyclic amines) is 1. The first-order valence-corrected chi connectivity index (χ1v) is 7.56. The van der Waals surface area contributed by atoms with E-state index in [-0.39, 0.29) is 20.1 Å². The van der Waals surface area contributed by atoms with Crippen molar-refractivity contribution in [3.05, 3.63) is 29.6 Å². The Balaban J connectivity index is 0.00000242. The molecule has 5 nitrogen and oxygen atoms in total. The van der Waals surface area contributed by atoms with Crippen molar-refractivity contribution in [3.63, 3.8) is 0 Å². The fraction of sp³-hybridized carbons (Fsp3) is 0.417. The number of sulfonamides is 1. The van der Waals surface area contributed by atoms with Gasteiger partial charge in [0, 0.05) is 26.1 Å². The van der Waals surface area contributed by atoms with Crippen LogP contribution in [0.3, 0.4) is 0 Å². The Hall–Kier alpha value is -1.79. The Kier molecular flexibility index (Phi) is 4.11. The second-order valence-electron chi connectivity index (χ2n) is 4.86. The first-order valence-electron chi connectivity index (χ1n) is 6.08. The molecule has 0 saturated carbocycles. The molecule has 1 heterocycles. The molecule has 0 spiro atoms. The monoisotopic (exact) mass is 321 g/mol. The Morgan fingerprint density at radius 3 is 2.67 bits per heavy atom. The Labute approximate surface area is 121 Å². The molecule has 0 aliphatic carbocycles. The number of halogens is 3. The van der Waals surface area contributed by atoms with Crippen molar-refractivity contribution in [1.29, 1.82) is 5.26 Å². The highest BCUT2D eigenvalue weighted by molar-refractivity contribution is 7.89. The molecule has 21 heavy (non-hydrogen) atoms. The van der Waals surface area contributed by atoms with Gasteiger partial charge in [-0.05, 0) is 19.4 Å². The highest BCUT2D eigenvalue weighted by Gasteiger charge is 2.33. The Morgan fingerprint density at radius 1 is 1.43 bits per heavy atom. The van der Waals surface area contributed by atoms with Gasteiger partial charge in [-0.1, -0.05) is 0 Å². The van der Waals surface area contributed by atoms with E-state index >= 15 is 0 Å². The summed E-state index contributed by atoms with van der Waals surface area (Å²) in [6.07, 6.45) is 2.24. The van der Waals surface area contributed by atoms with Crippen molar-refractivity contribution in [1.82, 2.24) is 9.62 Å². The Morgan fingerprint density at radius 2 is 2.10 bits per heavy atom. The molecule has 0 unspecified atom stereocenters. The predicted molar refractivity (Wildman–Crippen MR) is 68.9 cm³/mol. The third kappa shape index (κ3) is 3.11. The summed E-state index contributed by atoms with van der Waals surface area (Å²) in [5, 5.41) is 8.83. The second-order valence-corrected chi connectivity index (χ2v) is 6.54. The van der Waals surface area contributed by atoms with Gasteiger partial charge >= 0.3 is 0 Å². The summed E-state index contributed by atoms with van der Waals surface area (Å²) in [7, 11) is -4.42. The van der Waals surface area contributed by atoms with E-state index in [4.69, 9.17) is 5.26 Å². The molecule has 9 heteroatoms. The smallest absolute Gasteiger partial charge is 0.244 e. The van der Waals surface area contributed by atoms with Crippen LogP contribution in [0.2, 0.25) is 0 Å². The molecule has 116 valence electrons. The van der Waals surface area contributed by atoms with Gasteiger partial charge in [-0.3, -0.25) is 0 Å². The van der Waals surface area contributed by atoms with E-state index < -0.39 is 38.4 Å². The third-order valence-electron chi connectivity index (χ3n) is 3.27. The minimum Gasteiger partial charge on any atom is -0.306 e. The lowest BCUT2D eigenvalue weighted by Gasteiger charge is -2.13. The minimum atomic E-state index is -4.42. The lowest BCUT2D eigenvalue weighted by molar-refractivity contribution is 0.386. The van der Waals surface area contributed by atoms with Gasteiger partial charge in [0.15, 0.2) is 17.8 Å². The van der Waals surface area contributed by atoms with Crippen molar-refractivity contribution in [2.45, 2.75) is 30.3 Å². The molecular weight excluding hydrogens is 307 g/mol. The van der Waals surface area contributed by atoms with E-state index in [0.29, 0.717) is 12.5 Å². The van der Waals surface area contributed by atoms with Crippen molar-refractivity contribution in [2.75, 3.05) is 6.54 Å². The van der Waals surface area contributed by atoms with Crippen LogP contribution >= 0.6 is 0 Å². The molecule has 1 aromatic rings. The number of rotatable bonds is 3. The summed E-state index contributed by atoms with van der Waals surface area (Å²) in [5.74, 6) is -4.39. The lowest BCUT2D eigenvalue weighted by atomic mass is 10.2. The van der Waals surface area contributed by atoms with Crippen molar-refractivity contribution < 1.29 is 23.0 Å². The van der Waals surface area contributed by atoms with E-state index in [1.54, 1.807) is 6.92 Å². The van der Waals surface area contributed by atoms with Gasteiger partial charge in [0.05, 0.1) is 0 Å². The summed E-state index contributed by atoms with van der Waals surface area (Å²) < 4.78 is 66.0. The number of nitrogens with zero attached hydrogens (tertiary/aromatic N) is 2. The molecule has 1 N–H and O–H groups in total. The number of benzene rings is 1. The fourth-order valence-electron chi connectivity index (χ4n) is 2.27. The SMILES string of the molecule is C[C@H]1C[C@@H](NS(=O)(=O)c2cc(F)cc(F)c2F)CN1C#N.[HH]. The van der Waals surface area contributed by atoms with E-state index in [1.165, 1.54) is 4.90 Å². The average Bonchev–Trinajstić information content (AvgIpc) is 2.72. The van der Waals surface area contributed by atoms with Crippen LogP contribution in [0.1, 0.15) is 14.8 Å². The molecule has 2 rings (SSSR count). The summed E-state index contributed by atoms with van der Waals surface area (Å²) >= 11 is 0. The van der Waals surface area contributed by atoms with Gasteiger partial charge in [0.25, 0.3) is 0 Å². The van der Waals surface area contributed by atoms with Crippen LogP contribution in [0, 0.1) is 28.9 Å². The van der Waals surface area contributed by atoms with Crippen LogP contribution in [0.15, 0.2) is 17.0 Å². The maximum absolute atomic E-state index is 13.5. The molecule has 2 atom stereocenters. The quantitative estimate of drug-likeness (QED) is 0.677. The summed E-state index contributed by atoms with van der Waals surface area (Å²) in [5.41, 5.74) is 0. The zero-order chi connectivity index (χ0) is 15.8. The number of hydrogen-bond donors (Lipinski definition) is 1. The van der Waals surface area contributed by atoms with Gasteiger partial charge in [-0.25, -0.2) is 26.3 Å². The fourth-order valence-corrected chi connectivity index (χ4v) is 3.60. The van der Waals surface area contributed by atoms with Gasteiger partial charge in [0.2, 0.25) is 10.0 Å². The van der Waals surface area contributed by atoms with Crippen molar-refractivity contribution in [3.8, 4) is 6.19 Å². The van der Waals surface area contributed by atoms with Crippen LogP contribution in [0.4, 0.5) is 13.2 Å². The summed E-state index contributed by atoms with van der Waals surface area (Å²) in [6.45, 7) is 1.86. The third-order valence-corrected chi connectivity index (χ3v) is 4.79. The highest BCUT2D eigenvalue weighted by Crippen LogP contribution is 2.22. The van der Waals surface area contributed by atoms with Crippen LogP contribution in [0.5, 0.6) is 0 Å². The molecule has 0 aromatic heterocycles. The molecule has 1 fully saturated rings. The number of nitrogens with one attached hydrogen (secondary N) is 1. The largest absolute Gasteiger partial charge is 0.306 e. The zero-order valence-corrected chi connectivity index (χ0v) is 11.8. The average molecular weight is 321 g/mol. The van der Waals surface area contributed by atoms with E-state index in [2.05, 4.69) is 4.72 Å². The van der Waals surface area contributed by atoms with Gasteiger partial charge in [-0.2, -0.15) is 5.26 Å². The predicted octanol–water partition coefficient (Wildman–Crippen LogP) is 1.57. The maximum Gasteiger partial charge on any atom is 0.244 e. The number of nitriles is 1. The maximum atomic E-state index is 13.5. The summed E-state index contributed by atoms with van der Waals surface area (Å²) in [4.78, 5) is 0.290. The molecule has 1 aromatic carbocycles. The highest BCUT2D eigenvalue weighted by atomic mass is 32.2. The molecule has 0 amide bonds. The van der Waals surface area contributed by atoms with Gasteiger partial charge < -0.3 is 4.90 Å². The Bertz CT molecular complexity index is 708. The molecule has 1 saturated heterocycles. The van der Waals surface area contributed by atoms with E-state index in [9.17, 15) is 21.6 Å². The van der Waals surface area contributed by atoms with Gasteiger partial charge in [-0.15, -0.1) is 0 Å². The lowest BCUT2D eigenvalue weighted by Crippen LogP contribution is -2.37. The van der Waals surface area contributed by atoms with Crippen LogP contribution < -0.4 is 4.72 Å². The first kappa shape index (κ1) is 15.6. The van der Waals surface area contributed by atoms with E-state index in [0.717, 1.165) is 0 Å². The van der Waals surface area contributed by atoms with Crippen LogP contribution in [-0.4, -0.2) is 31.9 Å². The molecule has 0 bridgehead atoms. The molecule has 0 radical (unpaired) electrons. The molecular formula is C12H14F3N3O2S. The van der Waals surface area contributed by atoms with Crippen LogP contribution in [-0.2, 0) is 10.0 Å². The normalized spacial score (nSPS) is 22.3. The number of hydrogen-bond acceptors (Lipinski definition) is 4. The van der Waals surface area contributed by atoms with Gasteiger partial charge in [0.1, 0.15) is 10.7 Å². The van der Waals surface area contributed by atoms with Crippen LogP contribution in [0.25, 0.3) is 0 Å². The first-order chi connectivity index (χ1) is 9.74. The van der Waals surface area contributed by atoms with E-state index in [1.807, 2.05) is 6.19 Å².